The van der Waals surface area contributed by atoms with Crippen molar-refractivity contribution < 1.29 is 24.3 Å². The predicted octanol–water partition coefficient (Wildman–Crippen LogP) is 5.70. The number of rotatable bonds is 5. The van der Waals surface area contributed by atoms with E-state index in [1.807, 2.05) is 77.5 Å². The molecular formula is C34H28N2O5S2. The maximum atomic E-state index is 14.2. The van der Waals surface area contributed by atoms with Gasteiger partial charge in [0.1, 0.15) is 5.75 Å². The number of likely N-dealkylation sites (tertiary alicyclic amines) is 2. The lowest BCUT2D eigenvalue weighted by Gasteiger charge is -2.44. The van der Waals surface area contributed by atoms with Crippen LogP contribution < -0.4 is 0 Å². The lowest BCUT2D eigenvalue weighted by Crippen LogP contribution is -2.43. The number of hydrogen-bond donors (Lipinski definition) is 1. The van der Waals surface area contributed by atoms with Gasteiger partial charge in [0.25, 0.3) is 0 Å². The number of carbonyl (C=O) groups excluding carboxylic acids is 4. The molecule has 4 amide bonds. The summed E-state index contributed by atoms with van der Waals surface area (Å²) < 4.78 is 0. The molecule has 4 aliphatic rings. The Morgan fingerprint density at radius 3 is 2.02 bits per heavy atom. The highest BCUT2D eigenvalue weighted by molar-refractivity contribution is 7.10. The quantitative estimate of drug-likeness (QED) is 0.232. The summed E-state index contributed by atoms with van der Waals surface area (Å²) in [5.41, 5.74) is 1.49. The third-order valence-corrected chi connectivity index (χ3v) is 11.6. The van der Waals surface area contributed by atoms with Gasteiger partial charge in [-0.05, 0) is 47.0 Å². The van der Waals surface area contributed by atoms with Crippen molar-refractivity contribution in [3.8, 4) is 5.75 Å². The summed E-state index contributed by atoms with van der Waals surface area (Å²) in [6.07, 6.45) is 2.76. The zero-order valence-corrected chi connectivity index (χ0v) is 24.7. The van der Waals surface area contributed by atoms with Gasteiger partial charge in [0.05, 0.1) is 36.8 Å². The first-order valence-electron chi connectivity index (χ1n) is 14.6. The standard InChI is InChI=1S/C34H28N2O5S2/c37-30-21-8-2-1-5-18(21)9-10-23(30)27-22-11-12-24-28(33(40)35(31(24)38)16-19-6-3-13-42-19)25(22)15-26-29(27)34(41)36(32(26)39)17-20-7-4-14-43-20/h1-11,13-14,24-29,37H,12,15-17H2. The van der Waals surface area contributed by atoms with Gasteiger partial charge in [-0.1, -0.05) is 60.2 Å². The van der Waals surface area contributed by atoms with Crippen LogP contribution >= 0.6 is 22.7 Å². The van der Waals surface area contributed by atoms with E-state index in [-0.39, 0.29) is 48.4 Å². The van der Waals surface area contributed by atoms with Crippen LogP contribution in [0, 0.1) is 29.6 Å². The second kappa shape index (κ2) is 9.99. The summed E-state index contributed by atoms with van der Waals surface area (Å²) in [6, 6.07) is 19.0. The first-order chi connectivity index (χ1) is 20.9. The maximum Gasteiger partial charge on any atom is 0.234 e. The molecule has 0 bridgehead atoms. The molecule has 1 saturated carbocycles. The minimum absolute atomic E-state index is 0.0932. The topological polar surface area (TPSA) is 95.0 Å². The number of imide groups is 2. The number of phenolic OH excluding ortho intramolecular Hbond substituents is 1. The normalized spacial score (nSPS) is 28.3. The molecule has 6 unspecified atom stereocenters. The fourth-order valence-corrected chi connectivity index (χ4v) is 9.40. The average molecular weight is 609 g/mol. The molecule has 6 atom stereocenters. The molecule has 0 radical (unpaired) electrons. The van der Waals surface area contributed by atoms with Crippen LogP contribution in [0.25, 0.3) is 10.8 Å². The highest BCUT2D eigenvalue weighted by Gasteiger charge is 2.62. The first kappa shape index (κ1) is 26.5. The molecule has 4 heterocycles. The van der Waals surface area contributed by atoms with E-state index in [0.29, 0.717) is 23.8 Å². The van der Waals surface area contributed by atoms with Crippen LogP contribution in [-0.4, -0.2) is 38.5 Å². The first-order valence-corrected chi connectivity index (χ1v) is 16.3. The van der Waals surface area contributed by atoms with E-state index in [2.05, 4.69) is 0 Å². The number of allylic oxidation sites excluding steroid dienone is 2. The molecule has 43 heavy (non-hydrogen) atoms. The number of benzene rings is 2. The van der Waals surface area contributed by atoms with E-state index in [4.69, 9.17) is 0 Å². The fourth-order valence-electron chi connectivity index (χ4n) is 8.02. The number of hydrogen-bond acceptors (Lipinski definition) is 7. The average Bonchev–Trinajstić information content (AvgIpc) is 3.82. The molecule has 3 fully saturated rings. The van der Waals surface area contributed by atoms with Crippen LogP contribution in [0.2, 0.25) is 0 Å². The highest BCUT2D eigenvalue weighted by atomic mass is 32.1. The fraction of sp³-hybridized carbons (Fsp3) is 0.294. The lowest BCUT2D eigenvalue weighted by molar-refractivity contribution is -0.142. The molecule has 8 rings (SSSR count). The zero-order valence-electron chi connectivity index (χ0n) is 23.1. The number of phenols is 1. The Morgan fingerprint density at radius 2 is 1.35 bits per heavy atom. The van der Waals surface area contributed by atoms with Gasteiger partial charge in [-0.2, -0.15) is 0 Å². The van der Waals surface area contributed by atoms with Crippen molar-refractivity contribution >= 4 is 57.1 Å². The van der Waals surface area contributed by atoms with Gasteiger partial charge in [-0.15, -0.1) is 22.7 Å². The Balaban J connectivity index is 1.24. The Kier molecular flexibility index (Phi) is 6.17. The molecule has 2 aromatic carbocycles. The predicted molar refractivity (Wildman–Crippen MR) is 163 cm³/mol. The SMILES string of the molecule is O=C1C2CC=C3C(CC4C(=O)N(Cc5cccs5)C(=O)C4C3c3ccc4ccccc4c3O)C2C(=O)N1Cc1cccs1. The molecule has 2 aromatic heterocycles. The van der Waals surface area contributed by atoms with E-state index in [1.165, 1.54) is 32.5 Å². The minimum atomic E-state index is -0.687. The van der Waals surface area contributed by atoms with Gasteiger partial charge in [-0.3, -0.25) is 29.0 Å². The lowest BCUT2D eigenvalue weighted by atomic mass is 9.57. The molecule has 2 saturated heterocycles. The maximum absolute atomic E-state index is 14.2. The Hall–Kier alpha value is -4.08. The second-order valence-electron chi connectivity index (χ2n) is 11.9. The number of fused-ring (bicyclic) bond motifs is 5. The van der Waals surface area contributed by atoms with Gasteiger partial charge in [0, 0.05) is 26.6 Å². The van der Waals surface area contributed by atoms with Crippen molar-refractivity contribution in [3.05, 3.63) is 98.4 Å². The monoisotopic (exact) mass is 608 g/mol. The van der Waals surface area contributed by atoms with E-state index in [0.717, 1.165) is 20.7 Å². The summed E-state index contributed by atoms with van der Waals surface area (Å²) in [7, 11) is 0. The zero-order chi connectivity index (χ0) is 29.4. The van der Waals surface area contributed by atoms with Crippen LogP contribution in [0.15, 0.2) is 83.1 Å². The van der Waals surface area contributed by atoms with Crippen molar-refractivity contribution in [1.82, 2.24) is 9.80 Å². The van der Waals surface area contributed by atoms with Crippen molar-refractivity contribution in [2.75, 3.05) is 0 Å². The smallest absolute Gasteiger partial charge is 0.234 e. The third-order valence-electron chi connectivity index (χ3n) is 9.89. The van der Waals surface area contributed by atoms with E-state index < -0.39 is 29.6 Å². The summed E-state index contributed by atoms with van der Waals surface area (Å²) in [4.78, 5) is 60.4. The van der Waals surface area contributed by atoms with Gasteiger partial charge in [0.15, 0.2) is 0 Å². The number of nitrogens with zero attached hydrogens (tertiary/aromatic N) is 2. The van der Waals surface area contributed by atoms with Crippen molar-refractivity contribution in [2.24, 2.45) is 29.6 Å². The molecule has 1 N–H and O–H groups in total. The van der Waals surface area contributed by atoms with Crippen molar-refractivity contribution in [2.45, 2.75) is 31.8 Å². The Labute approximate surface area is 256 Å². The number of thiophene rings is 2. The second-order valence-corrected chi connectivity index (χ2v) is 14.0. The van der Waals surface area contributed by atoms with Crippen LogP contribution in [0.5, 0.6) is 5.75 Å². The molecular weight excluding hydrogens is 581 g/mol. The minimum Gasteiger partial charge on any atom is -0.507 e. The van der Waals surface area contributed by atoms with Crippen LogP contribution in [0.1, 0.15) is 34.1 Å². The molecule has 7 nitrogen and oxygen atoms in total. The van der Waals surface area contributed by atoms with Crippen LogP contribution in [0.3, 0.4) is 0 Å². The van der Waals surface area contributed by atoms with E-state index in [1.54, 1.807) is 0 Å². The molecule has 2 aliphatic heterocycles. The van der Waals surface area contributed by atoms with Gasteiger partial charge >= 0.3 is 0 Å². The Bertz CT molecular complexity index is 1830. The molecule has 4 aromatic rings. The number of aromatic hydroxyl groups is 1. The third kappa shape index (κ3) is 3.98. The number of amides is 4. The van der Waals surface area contributed by atoms with Crippen LogP contribution in [0.4, 0.5) is 0 Å². The summed E-state index contributed by atoms with van der Waals surface area (Å²) in [5.74, 6) is -4.11. The van der Waals surface area contributed by atoms with Gasteiger partial charge in [0.2, 0.25) is 23.6 Å². The molecule has 9 heteroatoms. The molecule has 2 aliphatic carbocycles. The van der Waals surface area contributed by atoms with E-state index in [9.17, 15) is 24.3 Å². The highest BCUT2D eigenvalue weighted by Crippen LogP contribution is 2.59. The number of carbonyl (C=O) groups is 4. The van der Waals surface area contributed by atoms with Gasteiger partial charge < -0.3 is 5.11 Å². The summed E-state index contributed by atoms with van der Waals surface area (Å²) in [5, 5.41) is 17.0. The van der Waals surface area contributed by atoms with E-state index >= 15 is 0 Å². The van der Waals surface area contributed by atoms with Crippen LogP contribution in [-0.2, 0) is 32.3 Å². The van der Waals surface area contributed by atoms with Gasteiger partial charge in [-0.25, -0.2) is 0 Å². The Morgan fingerprint density at radius 1 is 0.698 bits per heavy atom. The van der Waals surface area contributed by atoms with Crippen molar-refractivity contribution in [1.29, 1.82) is 0 Å². The summed E-state index contributed by atoms with van der Waals surface area (Å²) in [6.45, 7) is 0.456. The summed E-state index contributed by atoms with van der Waals surface area (Å²) >= 11 is 3.01. The largest absolute Gasteiger partial charge is 0.507 e. The molecule has 216 valence electrons. The van der Waals surface area contributed by atoms with Crippen molar-refractivity contribution in [3.63, 3.8) is 0 Å². The molecule has 0 spiro atoms.